The van der Waals surface area contributed by atoms with Gasteiger partial charge in [-0.25, -0.2) is 0 Å². The third-order valence-electron chi connectivity index (χ3n) is 3.95. The van der Waals surface area contributed by atoms with Crippen molar-refractivity contribution in [1.29, 1.82) is 0 Å². The summed E-state index contributed by atoms with van der Waals surface area (Å²) < 4.78 is 0. The minimum absolute atomic E-state index is 0.0151. The van der Waals surface area contributed by atoms with Crippen molar-refractivity contribution in [3.63, 3.8) is 0 Å². The van der Waals surface area contributed by atoms with Crippen molar-refractivity contribution >= 4 is 23.2 Å². The summed E-state index contributed by atoms with van der Waals surface area (Å²) in [6.45, 7) is 6.18. The van der Waals surface area contributed by atoms with Crippen LogP contribution >= 0.6 is 0 Å². The topological polar surface area (TPSA) is 61.4 Å². The predicted octanol–water partition coefficient (Wildman–Crippen LogP) is 3.12. The lowest BCUT2D eigenvalue weighted by Crippen LogP contribution is -2.38. The summed E-state index contributed by atoms with van der Waals surface area (Å²) in [7, 11) is 1.63. The maximum Gasteiger partial charge on any atom is 0.243 e. The number of hydrogen-bond acceptors (Lipinski definition) is 3. The van der Waals surface area contributed by atoms with Crippen LogP contribution in [-0.2, 0) is 9.59 Å². The van der Waals surface area contributed by atoms with Crippen molar-refractivity contribution < 1.29 is 9.59 Å². The first-order chi connectivity index (χ1) is 11.8. The first-order valence-corrected chi connectivity index (χ1v) is 8.27. The maximum absolute atomic E-state index is 12.2. The van der Waals surface area contributed by atoms with Crippen LogP contribution in [0.1, 0.15) is 16.7 Å². The Labute approximate surface area is 149 Å². The predicted molar refractivity (Wildman–Crippen MR) is 102 cm³/mol. The van der Waals surface area contributed by atoms with Crippen LogP contribution in [0.4, 0.5) is 11.4 Å². The number of nitrogens with zero attached hydrogens (tertiary/aromatic N) is 1. The molecule has 2 rings (SSSR count). The van der Waals surface area contributed by atoms with Crippen LogP contribution in [0.25, 0.3) is 0 Å². The minimum Gasteiger partial charge on any atom is -0.376 e. The van der Waals surface area contributed by atoms with Gasteiger partial charge in [0.15, 0.2) is 0 Å². The highest BCUT2D eigenvalue weighted by Crippen LogP contribution is 2.15. The monoisotopic (exact) mass is 339 g/mol. The lowest BCUT2D eigenvalue weighted by molar-refractivity contribution is -0.131. The van der Waals surface area contributed by atoms with Gasteiger partial charge < -0.3 is 15.5 Å². The Morgan fingerprint density at radius 2 is 1.60 bits per heavy atom. The van der Waals surface area contributed by atoms with Gasteiger partial charge in [0.2, 0.25) is 11.8 Å². The van der Waals surface area contributed by atoms with Gasteiger partial charge >= 0.3 is 0 Å². The zero-order chi connectivity index (χ0) is 18.4. The second-order valence-electron chi connectivity index (χ2n) is 6.34. The highest BCUT2D eigenvalue weighted by molar-refractivity contribution is 5.95. The van der Waals surface area contributed by atoms with Crippen LogP contribution < -0.4 is 10.6 Å². The molecule has 0 saturated heterocycles. The van der Waals surface area contributed by atoms with Crippen molar-refractivity contribution in [2.75, 3.05) is 30.8 Å². The summed E-state index contributed by atoms with van der Waals surface area (Å²) in [5, 5.41) is 5.92. The molecule has 0 unspecified atom stereocenters. The molecule has 0 atom stereocenters. The molecular weight excluding hydrogens is 314 g/mol. The molecule has 132 valence electrons. The van der Waals surface area contributed by atoms with E-state index in [1.165, 1.54) is 10.5 Å². The molecule has 2 aromatic rings. The van der Waals surface area contributed by atoms with Crippen molar-refractivity contribution in [1.82, 2.24) is 4.90 Å². The van der Waals surface area contributed by atoms with Crippen molar-refractivity contribution in [2.24, 2.45) is 0 Å². The van der Waals surface area contributed by atoms with Gasteiger partial charge in [0.05, 0.1) is 13.1 Å². The molecule has 2 amide bonds. The number of nitrogens with one attached hydrogen (secondary N) is 2. The number of aryl methyl sites for hydroxylation is 3. The highest BCUT2D eigenvalue weighted by atomic mass is 16.2. The molecule has 0 aromatic heterocycles. The third-order valence-corrected chi connectivity index (χ3v) is 3.95. The van der Waals surface area contributed by atoms with Gasteiger partial charge in [-0.2, -0.15) is 0 Å². The molecule has 0 saturated carbocycles. The fourth-order valence-electron chi connectivity index (χ4n) is 2.46. The van der Waals surface area contributed by atoms with Gasteiger partial charge in [-0.15, -0.1) is 0 Å². The highest BCUT2D eigenvalue weighted by Gasteiger charge is 2.13. The Kier molecular flexibility index (Phi) is 6.17. The number of benzene rings is 2. The van der Waals surface area contributed by atoms with Gasteiger partial charge in [0.25, 0.3) is 0 Å². The van der Waals surface area contributed by atoms with Gasteiger partial charge in [-0.3, -0.25) is 9.59 Å². The largest absolute Gasteiger partial charge is 0.376 e. The van der Waals surface area contributed by atoms with Gasteiger partial charge in [0, 0.05) is 18.4 Å². The van der Waals surface area contributed by atoms with E-state index in [0.717, 1.165) is 22.5 Å². The number of likely N-dealkylation sites (N-methyl/N-ethyl adjacent to an activating group) is 1. The smallest absolute Gasteiger partial charge is 0.243 e. The molecule has 0 aliphatic heterocycles. The molecule has 2 aromatic carbocycles. The van der Waals surface area contributed by atoms with E-state index in [2.05, 4.69) is 16.7 Å². The fraction of sp³-hybridized carbons (Fsp3) is 0.300. The zero-order valence-corrected chi connectivity index (χ0v) is 15.2. The summed E-state index contributed by atoms with van der Waals surface area (Å²) >= 11 is 0. The summed E-state index contributed by atoms with van der Waals surface area (Å²) in [5.74, 6) is -0.356. The first kappa shape index (κ1) is 18.5. The van der Waals surface area contributed by atoms with E-state index in [1.807, 2.05) is 57.2 Å². The van der Waals surface area contributed by atoms with E-state index < -0.39 is 0 Å². The Morgan fingerprint density at radius 1 is 0.960 bits per heavy atom. The average molecular weight is 339 g/mol. The fourth-order valence-corrected chi connectivity index (χ4v) is 2.46. The van der Waals surface area contributed by atoms with E-state index in [0.29, 0.717) is 0 Å². The summed E-state index contributed by atoms with van der Waals surface area (Å²) in [6, 6.07) is 13.6. The molecule has 0 spiro atoms. The number of hydrogen-bond donors (Lipinski definition) is 2. The molecule has 0 fully saturated rings. The third kappa shape index (κ3) is 5.64. The van der Waals surface area contributed by atoms with Crippen molar-refractivity contribution in [2.45, 2.75) is 20.8 Å². The molecule has 0 aliphatic rings. The van der Waals surface area contributed by atoms with E-state index in [4.69, 9.17) is 0 Å². The standard InChI is InChI=1S/C20H25N3O2/c1-14-5-8-17(9-6-14)22-19(24)13-23(4)20(25)12-21-18-10-7-15(2)11-16(18)3/h5-11,21H,12-13H2,1-4H3,(H,22,24). The van der Waals surface area contributed by atoms with Crippen molar-refractivity contribution in [3.05, 3.63) is 59.2 Å². The average Bonchev–Trinajstić information content (AvgIpc) is 2.55. The molecule has 5 nitrogen and oxygen atoms in total. The lowest BCUT2D eigenvalue weighted by atomic mass is 10.1. The lowest BCUT2D eigenvalue weighted by Gasteiger charge is -2.18. The summed E-state index contributed by atoms with van der Waals surface area (Å²) in [6.07, 6.45) is 0. The number of amides is 2. The number of anilines is 2. The number of carbonyl (C=O) groups excluding carboxylic acids is 2. The van der Waals surface area contributed by atoms with Crippen LogP contribution in [0.3, 0.4) is 0 Å². The molecule has 0 radical (unpaired) electrons. The molecule has 5 heteroatoms. The quantitative estimate of drug-likeness (QED) is 0.850. The Hall–Kier alpha value is -2.82. The van der Waals surface area contributed by atoms with Crippen LogP contribution in [-0.4, -0.2) is 36.9 Å². The SMILES string of the molecule is Cc1ccc(NC(=O)CN(C)C(=O)CNc2ccc(C)cc2C)cc1. The van der Waals surface area contributed by atoms with Gasteiger partial charge in [-0.1, -0.05) is 35.4 Å². The number of rotatable bonds is 6. The molecule has 25 heavy (non-hydrogen) atoms. The van der Waals surface area contributed by atoms with Crippen molar-refractivity contribution in [3.8, 4) is 0 Å². The normalized spacial score (nSPS) is 10.2. The Balaban J connectivity index is 1.82. The molecule has 0 aliphatic carbocycles. The molecule has 2 N–H and O–H groups in total. The van der Waals surface area contributed by atoms with Gasteiger partial charge in [-0.05, 0) is 44.5 Å². The van der Waals surface area contributed by atoms with Gasteiger partial charge in [0.1, 0.15) is 0 Å². The second-order valence-corrected chi connectivity index (χ2v) is 6.34. The molecule has 0 bridgehead atoms. The van der Waals surface area contributed by atoms with Crippen LogP contribution in [0.5, 0.6) is 0 Å². The molecular formula is C20H25N3O2. The Morgan fingerprint density at radius 3 is 2.24 bits per heavy atom. The van der Waals surface area contributed by atoms with E-state index in [9.17, 15) is 9.59 Å². The number of carbonyl (C=O) groups is 2. The maximum atomic E-state index is 12.2. The Bertz CT molecular complexity index is 754. The minimum atomic E-state index is -0.216. The van der Waals surface area contributed by atoms with E-state index >= 15 is 0 Å². The van der Waals surface area contributed by atoms with E-state index in [1.54, 1.807) is 7.05 Å². The van der Waals surface area contributed by atoms with Crippen LogP contribution in [0, 0.1) is 20.8 Å². The second kappa shape index (κ2) is 8.33. The first-order valence-electron chi connectivity index (χ1n) is 8.27. The summed E-state index contributed by atoms with van der Waals surface area (Å²) in [4.78, 5) is 25.7. The zero-order valence-electron chi connectivity index (χ0n) is 15.2. The van der Waals surface area contributed by atoms with Crippen LogP contribution in [0.15, 0.2) is 42.5 Å². The van der Waals surface area contributed by atoms with E-state index in [-0.39, 0.29) is 24.9 Å². The summed E-state index contributed by atoms with van der Waals surface area (Å²) in [5.41, 5.74) is 5.05. The van der Waals surface area contributed by atoms with Crippen LogP contribution in [0.2, 0.25) is 0 Å². The molecule has 0 heterocycles.